The van der Waals surface area contributed by atoms with Gasteiger partial charge in [-0.05, 0) is 24.3 Å². The van der Waals surface area contributed by atoms with Gasteiger partial charge in [-0.3, -0.25) is 24.2 Å². The smallest absolute Gasteiger partial charge is 0.263 e. The van der Waals surface area contributed by atoms with Gasteiger partial charge in [0.15, 0.2) is 17.9 Å². The molecule has 6 rings (SSSR count). The number of benzene rings is 2. The normalized spacial score (nSPS) is 24.6. The highest BCUT2D eigenvalue weighted by atomic mass is 16.5. The van der Waals surface area contributed by atoms with Crippen LogP contribution in [0.1, 0.15) is 29.6 Å². The molecule has 10 heteroatoms. The highest BCUT2D eigenvalue weighted by Crippen LogP contribution is 2.39. The van der Waals surface area contributed by atoms with Crippen molar-refractivity contribution in [3.63, 3.8) is 0 Å². The van der Waals surface area contributed by atoms with Crippen molar-refractivity contribution in [1.82, 2.24) is 9.91 Å². The molecular formula is C25H23N5O5. The van der Waals surface area contributed by atoms with Gasteiger partial charge in [0.25, 0.3) is 11.8 Å². The average molecular weight is 473 g/mol. The Hall–Kier alpha value is -4.08. The number of anilines is 1. The van der Waals surface area contributed by atoms with E-state index in [2.05, 4.69) is 10.3 Å². The van der Waals surface area contributed by atoms with Crippen molar-refractivity contribution in [2.24, 2.45) is 10.3 Å². The lowest BCUT2D eigenvalue weighted by molar-refractivity contribution is -0.137. The van der Waals surface area contributed by atoms with Crippen molar-refractivity contribution in [2.75, 3.05) is 24.5 Å². The number of rotatable bonds is 3. The number of hydrogen-bond donors (Lipinski definition) is 0. The van der Waals surface area contributed by atoms with Crippen LogP contribution in [0.25, 0.3) is 0 Å². The Bertz CT molecular complexity index is 1250. The molecule has 1 spiro atoms. The van der Waals surface area contributed by atoms with Gasteiger partial charge < -0.3 is 9.64 Å². The zero-order chi connectivity index (χ0) is 24.2. The minimum Gasteiger partial charge on any atom is -0.486 e. The first-order valence-corrected chi connectivity index (χ1v) is 11.7. The second-order valence-electron chi connectivity index (χ2n) is 9.30. The maximum absolute atomic E-state index is 13.1. The lowest BCUT2D eigenvalue weighted by Gasteiger charge is -2.44. The minimum absolute atomic E-state index is 0.0579. The molecule has 10 nitrogen and oxygen atoms in total. The SMILES string of the molecule is O=C1CC2(CCN(C(=O)CN3N=N[C@@H]4C(=O)N(c5ccccc5)C(=O)[C@@H]43)CC2)Oc2ccccc21. The van der Waals surface area contributed by atoms with Crippen LogP contribution in [0.5, 0.6) is 5.75 Å². The van der Waals surface area contributed by atoms with Crippen LogP contribution >= 0.6 is 0 Å². The number of ether oxygens (including phenoxy) is 1. The van der Waals surface area contributed by atoms with E-state index < -0.39 is 29.5 Å². The summed E-state index contributed by atoms with van der Waals surface area (Å²) in [6.45, 7) is 0.703. The predicted octanol–water partition coefficient (Wildman–Crippen LogP) is 2.01. The summed E-state index contributed by atoms with van der Waals surface area (Å²) in [6.07, 6.45) is 1.36. The first-order valence-electron chi connectivity index (χ1n) is 11.7. The third-order valence-electron chi connectivity index (χ3n) is 7.19. The standard InChI is InChI=1S/C25H23N5O5/c31-18-14-25(35-19-9-5-4-8-17(18)19)10-12-28(13-11-25)20(32)15-29-22-21(26-27-29)23(33)30(24(22)34)16-6-2-1-3-7-16/h1-9,21-22H,10-15H2/t21-,22+/m0/s1. The lowest BCUT2D eigenvalue weighted by Crippen LogP contribution is -2.54. The number of para-hydroxylation sites is 2. The fourth-order valence-electron chi connectivity index (χ4n) is 5.31. The van der Waals surface area contributed by atoms with E-state index in [0.717, 1.165) is 4.90 Å². The van der Waals surface area contributed by atoms with Crippen LogP contribution in [0.15, 0.2) is 64.9 Å². The Morgan fingerprint density at radius 2 is 1.69 bits per heavy atom. The van der Waals surface area contributed by atoms with E-state index in [1.807, 2.05) is 12.1 Å². The molecule has 0 radical (unpaired) electrons. The Balaban J connectivity index is 1.11. The molecule has 0 aromatic heterocycles. The summed E-state index contributed by atoms with van der Waals surface area (Å²) in [4.78, 5) is 54.4. The number of likely N-dealkylation sites (tertiary alicyclic amines) is 1. The Morgan fingerprint density at radius 3 is 2.46 bits per heavy atom. The number of carbonyl (C=O) groups excluding carboxylic acids is 4. The molecule has 2 aromatic rings. The lowest BCUT2D eigenvalue weighted by atomic mass is 9.82. The van der Waals surface area contributed by atoms with E-state index in [1.165, 1.54) is 5.01 Å². The topological polar surface area (TPSA) is 112 Å². The van der Waals surface area contributed by atoms with Crippen molar-refractivity contribution in [3.8, 4) is 5.75 Å². The molecule has 2 atom stereocenters. The van der Waals surface area contributed by atoms with Crippen molar-refractivity contribution in [1.29, 1.82) is 0 Å². The predicted molar refractivity (Wildman–Crippen MR) is 123 cm³/mol. The van der Waals surface area contributed by atoms with Crippen LogP contribution in [0.4, 0.5) is 5.69 Å². The van der Waals surface area contributed by atoms with Gasteiger partial charge >= 0.3 is 0 Å². The zero-order valence-corrected chi connectivity index (χ0v) is 18.9. The summed E-state index contributed by atoms with van der Waals surface area (Å²) < 4.78 is 6.24. The van der Waals surface area contributed by atoms with Crippen LogP contribution in [0.2, 0.25) is 0 Å². The van der Waals surface area contributed by atoms with Crippen molar-refractivity contribution < 1.29 is 23.9 Å². The monoisotopic (exact) mass is 473 g/mol. The average Bonchev–Trinajstić information content (AvgIpc) is 3.39. The van der Waals surface area contributed by atoms with E-state index in [1.54, 1.807) is 47.4 Å². The quantitative estimate of drug-likeness (QED) is 0.631. The fraction of sp³-hybridized carbons (Fsp3) is 0.360. The van der Waals surface area contributed by atoms with E-state index in [-0.39, 0.29) is 18.2 Å². The minimum atomic E-state index is -0.943. The van der Waals surface area contributed by atoms with Crippen molar-refractivity contribution in [2.45, 2.75) is 36.9 Å². The summed E-state index contributed by atoms with van der Waals surface area (Å²) in [6, 6.07) is 14.0. The van der Waals surface area contributed by atoms with Crippen LogP contribution in [0, 0.1) is 0 Å². The molecule has 3 amide bonds. The van der Waals surface area contributed by atoms with Crippen LogP contribution in [-0.4, -0.2) is 70.7 Å². The summed E-state index contributed by atoms with van der Waals surface area (Å²) in [5, 5.41) is 9.29. The van der Waals surface area contributed by atoms with Gasteiger partial charge in [0.2, 0.25) is 5.91 Å². The molecule has 2 aromatic carbocycles. The maximum Gasteiger partial charge on any atom is 0.263 e. The first kappa shape index (κ1) is 21.5. The fourth-order valence-corrected chi connectivity index (χ4v) is 5.31. The summed E-state index contributed by atoms with van der Waals surface area (Å²) in [5.74, 6) is -0.430. The van der Waals surface area contributed by atoms with E-state index >= 15 is 0 Å². The van der Waals surface area contributed by atoms with Crippen LogP contribution < -0.4 is 9.64 Å². The van der Waals surface area contributed by atoms with E-state index in [0.29, 0.717) is 49.4 Å². The third kappa shape index (κ3) is 3.48. The Labute approximate surface area is 201 Å². The molecule has 4 heterocycles. The maximum atomic E-state index is 13.1. The molecule has 2 fully saturated rings. The van der Waals surface area contributed by atoms with E-state index in [4.69, 9.17) is 4.74 Å². The number of ketones is 1. The van der Waals surface area contributed by atoms with Gasteiger partial charge in [-0.15, -0.1) is 0 Å². The van der Waals surface area contributed by atoms with Gasteiger partial charge in [-0.25, -0.2) is 4.90 Å². The molecule has 4 aliphatic rings. The van der Waals surface area contributed by atoms with Gasteiger partial charge in [0.05, 0.1) is 17.7 Å². The highest BCUT2D eigenvalue weighted by molar-refractivity contribution is 6.25. The van der Waals surface area contributed by atoms with Crippen LogP contribution in [0.3, 0.4) is 0 Å². The molecule has 4 aliphatic heterocycles. The zero-order valence-electron chi connectivity index (χ0n) is 18.9. The first-order chi connectivity index (χ1) is 17.0. The second kappa shape index (κ2) is 8.00. The Kier molecular flexibility index (Phi) is 4.91. The number of imide groups is 1. The number of amides is 3. The number of piperidine rings is 1. The largest absolute Gasteiger partial charge is 0.486 e. The van der Waals surface area contributed by atoms with Crippen LogP contribution in [-0.2, 0) is 14.4 Å². The summed E-state index contributed by atoms with van der Waals surface area (Å²) >= 11 is 0. The van der Waals surface area contributed by atoms with Gasteiger partial charge in [-0.2, -0.15) is 5.11 Å². The Morgan fingerprint density at radius 1 is 0.971 bits per heavy atom. The number of carbonyl (C=O) groups is 4. The number of Topliss-reactive ketones (excluding diaryl/α,β-unsaturated/α-hetero) is 1. The number of hydrogen-bond acceptors (Lipinski definition) is 8. The summed E-state index contributed by atoms with van der Waals surface area (Å²) in [5.41, 5.74) is 0.472. The van der Waals surface area contributed by atoms with Crippen molar-refractivity contribution >= 4 is 29.2 Å². The molecular weight excluding hydrogens is 450 g/mol. The molecule has 0 saturated carbocycles. The second-order valence-corrected chi connectivity index (χ2v) is 9.30. The molecule has 0 bridgehead atoms. The molecule has 0 N–H and O–H groups in total. The van der Waals surface area contributed by atoms with E-state index in [9.17, 15) is 19.2 Å². The third-order valence-corrected chi connectivity index (χ3v) is 7.19. The molecule has 178 valence electrons. The number of nitrogens with zero attached hydrogens (tertiary/aromatic N) is 5. The van der Waals surface area contributed by atoms with Gasteiger partial charge in [-0.1, -0.05) is 35.6 Å². The highest BCUT2D eigenvalue weighted by Gasteiger charge is 2.55. The number of fused-ring (bicyclic) bond motifs is 2. The molecule has 2 saturated heterocycles. The van der Waals surface area contributed by atoms with Crippen molar-refractivity contribution in [3.05, 3.63) is 60.2 Å². The molecule has 35 heavy (non-hydrogen) atoms. The van der Waals surface area contributed by atoms with Gasteiger partial charge in [0.1, 0.15) is 17.9 Å². The van der Waals surface area contributed by atoms with Gasteiger partial charge in [0, 0.05) is 25.9 Å². The summed E-state index contributed by atoms with van der Waals surface area (Å²) in [7, 11) is 0. The molecule has 0 unspecified atom stereocenters. The molecule has 0 aliphatic carbocycles.